The number of carboxylic acid groups (broad SMARTS) is 1. The molecule has 1 heterocycles. The van der Waals surface area contributed by atoms with Crippen molar-refractivity contribution in [1.29, 1.82) is 0 Å². The molecule has 2 aromatic rings. The molecular weight excluding hydrogens is 344 g/mol. The van der Waals surface area contributed by atoms with Crippen molar-refractivity contribution in [3.8, 4) is 5.69 Å². The van der Waals surface area contributed by atoms with Crippen LogP contribution in [0.2, 0.25) is 5.02 Å². The number of aromatic carboxylic acids is 1. The molecule has 1 N–H and O–H groups in total. The van der Waals surface area contributed by atoms with Gasteiger partial charge in [-0.05, 0) is 46.5 Å². The van der Waals surface area contributed by atoms with E-state index in [-0.39, 0.29) is 11.6 Å². The largest absolute Gasteiger partial charge is 0.476 e. The van der Waals surface area contributed by atoms with Gasteiger partial charge in [0.15, 0.2) is 5.69 Å². The molecule has 0 bridgehead atoms. The van der Waals surface area contributed by atoms with E-state index in [4.69, 9.17) is 11.6 Å². The van der Waals surface area contributed by atoms with E-state index in [0.717, 1.165) is 16.9 Å². The van der Waals surface area contributed by atoms with E-state index in [0.29, 0.717) is 9.50 Å². The monoisotopic (exact) mass is 356 g/mol. The van der Waals surface area contributed by atoms with Crippen LogP contribution >= 0.6 is 27.5 Å². The number of hydrogen-bond donors (Lipinski definition) is 1. The minimum Gasteiger partial charge on any atom is -0.476 e. The predicted molar refractivity (Wildman–Crippen MR) is 82.1 cm³/mol. The molecule has 0 unspecified atom stereocenters. The lowest BCUT2D eigenvalue weighted by Crippen LogP contribution is -2.05. The van der Waals surface area contributed by atoms with Gasteiger partial charge in [0.25, 0.3) is 0 Å². The van der Waals surface area contributed by atoms with Crippen LogP contribution in [0.3, 0.4) is 0 Å². The summed E-state index contributed by atoms with van der Waals surface area (Å²) in [5.41, 5.74) is 2.52. The van der Waals surface area contributed by atoms with Crippen molar-refractivity contribution < 1.29 is 9.90 Å². The molecule has 20 heavy (non-hydrogen) atoms. The van der Waals surface area contributed by atoms with E-state index in [2.05, 4.69) is 21.0 Å². The SMILES string of the molecule is Cc1ccc(-n2nc(C(=O)O)c(Br)c2C(C)C)cc1Cl. The van der Waals surface area contributed by atoms with Gasteiger partial charge < -0.3 is 5.11 Å². The number of rotatable bonds is 3. The Bertz CT molecular complexity index is 680. The molecule has 0 fully saturated rings. The Balaban J connectivity index is 2.69. The van der Waals surface area contributed by atoms with Crippen LogP contribution in [0.5, 0.6) is 0 Å². The molecular formula is C14H14BrClN2O2. The van der Waals surface area contributed by atoms with Crippen LogP contribution < -0.4 is 0 Å². The highest BCUT2D eigenvalue weighted by molar-refractivity contribution is 9.10. The highest BCUT2D eigenvalue weighted by atomic mass is 79.9. The molecule has 0 amide bonds. The molecule has 4 nitrogen and oxygen atoms in total. The van der Waals surface area contributed by atoms with E-state index in [1.54, 1.807) is 10.7 Å². The first-order valence-electron chi connectivity index (χ1n) is 6.11. The number of halogens is 2. The molecule has 0 radical (unpaired) electrons. The van der Waals surface area contributed by atoms with Crippen molar-refractivity contribution in [2.24, 2.45) is 0 Å². The Morgan fingerprint density at radius 2 is 2.10 bits per heavy atom. The minimum absolute atomic E-state index is 0.00500. The normalized spacial score (nSPS) is 11.1. The van der Waals surface area contributed by atoms with Crippen molar-refractivity contribution in [2.45, 2.75) is 26.7 Å². The molecule has 0 aliphatic carbocycles. The second-order valence-electron chi connectivity index (χ2n) is 4.85. The summed E-state index contributed by atoms with van der Waals surface area (Å²) in [7, 11) is 0. The van der Waals surface area contributed by atoms with Crippen LogP contribution in [0.25, 0.3) is 5.69 Å². The fourth-order valence-corrected chi connectivity index (χ4v) is 3.01. The summed E-state index contributed by atoms with van der Waals surface area (Å²) in [5, 5.41) is 14.0. The summed E-state index contributed by atoms with van der Waals surface area (Å²) in [6.45, 7) is 5.89. The third-order valence-corrected chi connectivity index (χ3v) is 4.20. The lowest BCUT2D eigenvalue weighted by atomic mass is 10.1. The lowest BCUT2D eigenvalue weighted by molar-refractivity contribution is 0.0689. The van der Waals surface area contributed by atoms with Gasteiger partial charge in [-0.15, -0.1) is 0 Å². The van der Waals surface area contributed by atoms with Gasteiger partial charge in [-0.1, -0.05) is 31.5 Å². The molecule has 2 rings (SSSR count). The Kier molecular flexibility index (Phi) is 4.20. The van der Waals surface area contributed by atoms with Gasteiger partial charge in [-0.25, -0.2) is 9.48 Å². The van der Waals surface area contributed by atoms with E-state index in [9.17, 15) is 9.90 Å². The number of benzene rings is 1. The molecule has 0 saturated heterocycles. The van der Waals surface area contributed by atoms with Gasteiger partial charge in [0, 0.05) is 5.02 Å². The molecule has 0 atom stereocenters. The van der Waals surface area contributed by atoms with Crippen molar-refractivity contribution in [1.82, 2.24) is 9.78 Å². The molecule has 0 spiro atoms. The van der Waals surface area contributed by atoms with Gasteiger partial charge >= 0.3 is 5.97 Å². The third-order valence-electron chi connectivity index (χ3n) is 3.01. The van der Waals surface area contributed by atoms with Crippen LogP contribution in [-0.2, 0) is 0 Å². The Labute approximate surface area is 130 Å². The number of hydrogen-bond acceptors (Lipinski definition) is 2. The van der Waals surface area contributed by atoms with Crippen molar-refractivity contribution in [2.75, 3.05) is 0 Å². The van der Waals surface area contributed by atoms with Crippen LogP contribution in [0, 0.1) is 6.92 Å². The zero-order valence-corrected chi connectivity index (χ0v) is 13.7. The Hall–Kier alpha value is -1.33. The number of aryl methyl sites for hydroxylation is 1. The first kappa shape index (κ1) is 15.1. The van der Waals surface area contributed by atoms with Crippen LogP contribution in [-0.4, -0.2) is 20.9 Å². The smallest absolute Gasteiger partial charge is 0.357 e. The number of carbonyl (C=O) groups is 1. The Morgan fingerprint density at radius 3 is 2.60 bits per heavy atom. The highest BCUT2D eigenvalue weighted by Crippen LogP contribution is 2.31. The van der Waals surface area contributed by atoms with Gasteiger partial charge in [-0.3, -0.25) is 0 Å². The summed E-state index contributed by atoms with van der Waals surface area (Å²) in [5.74, 6) is -0.944. The summed E-state index contributed by atoms with van der Waals surface area (Å²) < 4.78 is 2.14. The maximum Gasteiger partial charge on any atom is 0.357 e. The minimum atomic E-state index is -1.06. The average Bonchev–Trinajstić information content (AvgIpc) is 2.70. The first-order valence-corrected chi connectivity index (χ1v) is 7.28. The fourth-order valence-electron chi connectivity index (χ4n) is 1.96. The van der Waals surface area contributed by atoms with Crippen molar-refractivity contribution in [3.05, 3.63) is 44.6 Å². The zero-order chi connectivity index (χ0) is 15.0. The standard InChI is InChI=1S/C14H14BrClN2O2/c1-7(2)13-11(15)12(14(19)20)17-18(13)9-5-4-8(3)10(16)6-9/h4-7H,1-3H3,(H,19,20). The molecule has 106 valence electrons. The summed E-state index contributed by atoms with van der Waals surface area (Å²) in [4.78, 5) is 11.2. The van der Waals surface area contributed by atoms with E-state index < -0.39 is 5.97 Å². The van der Waals surface area contributed by atoms with Gasteiger partial charge in [0.1, 0.15) is 0 Å². The molecule has 0 aliphatic heterocycles. The third kappa shape index (κ3) is 2.60. The number of nitrogens with zero attached hydrogens (tertiary/aromatic N) is 2. The molecule has 6 heteroatoms. The van der Waals surface area contributed by atoms with Crippen LogP contribution in [0.1, 0.15) is 41.5 Å². The zero-order valence-electron chi connectivity index (χ0n) is 11.3. The maximum atomic E-state index is 11.2. The first-order chi connectivity index (χ1) is 9.32. The summed E-state index contributed by atoms with van der Waals surface area (Å²) in [6, 6.07) is 5.55. The predicted octanol–water partition coefficient (Wildman–Crippen LogP) is 4.42. The number of aromatic nitrogens is 2. The highest BCUT2D eigenvalue weighted by Gasteiger charge is 2.23. The maximum absolute atomic E-state index is 11.2. The topological polar surface area (TPSA) is 55.1 Å². The van der Waals surface area contributed by atoms with E-state index >= 15 is 0 Å². The second-order valence-corrected chi connectivity index (χ2v) is 6.05. The van der Waals surface area contributed by atoms with Crippen LogP contribution in [0.15, 0.2) is 22.7 Å². The van der Waals surface area contributed by atoms with Crippen molar-refractivity contribution in [3.63, 3.8) is 0 Å². The van der Waals surface area contributed by atoms with Gasteiger partial charge in [-0.2, -0.15) is 5.10 Å². The molecule has 0 saturated carbocycles. The van der Waals surface area contributed by atoms with Gasteiger partial charge in [0.2, 0.25) is 0 Å². The quantitative estimate of drug-likeness (QED) is 0.884. The van der Waals surface area contributed by atoms with Crippen LogP contribution in [0.4, 0.5) is 0 Å². The molecule has 0 aliphatic rings. The second kappa shape index (κ2) is 5.58. The molecule has 1 aromatic carbocycles. The fraction of sp³-hybridized carbons (Fsp3) is 0.286. The van der Waals surface area contributed by atoms with E-state index in [1.807, 2.05) is 32.9 Å². The number of carboxylic acids is 1. The average molecular weight is 358 g/mol. The summed E-state index contributed by atoms with van der Waals surface area (Å²) >= 11 is 9.47. The van der Waals surface area contributed by atoms with Crippen molar-refractivity contribution >= 4 is 33.5 Å². The molecule has 1 aromatic heterocycles. The lowest BCUT2D eigenvalue weighted by Gasteiger charge is -2.11. The Morgan fingerprint density at radius 1 is 1.45 bits per heavy atom. The van der Waals surface area contributed by atoms with E-state index in [1.165, 1.54) is 0 Å². The van der Waals surface area contributed by atoms with Gasteiger partial charge in [0.05, 0.1) is 15.9 Å². The summed E-state index contributed by atoms with van der Waals surface area (Å²) in [6.07, 6.45) is 0.